The van der Waals surface area contributed by atoms with Crippen molar-refractivity contribution in [3.05, 3.63) is 120 Å². The molecule has 0 spiro atoms. The molecule has 714 valence electrons. The number of H-pyrrole nitrogens is 3. The summed E-state index contributed by atoms with van der Waals surface area (Å²) in [6, 6.07) is -2.66. The third kappa shape index (κ3) is 27.8. The molecule has 3 saturated heterocycles. The van der Waals surface area contributed by atoms with Gasteiger partial charge in [-0.1, -0.05) is 88.1 Å². The molecule has 0 aliphatic carbocycles. The Morgan fingerprint density at radius 3 is 1.68 bits per heavy atom. The molecule has 21 N–H and O–H groups in total. The number of likely N-dealkylation sites (N-methyl/N-ethyl adjacent to an activating group) is 3. The van der Waals surface area contributed by atoms with Gasteiger partial charge in [-0.3, -0.25) is 86.3 Å². The third-order valence-electron chi connectivity index (χ3n) is 23.6. The number of amides is 16. The number of phenols is 1. The van der Waals surface area contributed by atoms with Crippen LogP contribution >= 0.6 is 11.8 Å². The lowest BCUT2D eigenvalue weighted by molar-refractivity contribution is -0.149. The number of carbonyl (C=O) groups is 18. The van der Waals surface area contributed by atoms with Gasteiger partial charge in [-0.15, -0.1) is 11.8 Å². The second kappa shape index (κ2) is 48.4. The SMILES string of the molecule is CCCCC1C(=O)N(C)C(CCCC)C(=O)NC(C)C(=O)NC(C(=O)NCC(N)=O)CSCC(=O)NC(Cc2ccc(O)cc2)C(=O)N(C)C(C)C(=O)NC(CC(=O)O)C(=O)N2CCCC2C(=O)NC(Cc2cnc[nH]2)C(=O)NC(CCC(=O)O)C(=O)N2CC(O)CC2C(=O)NC(Cc2c[nH]c3ccccc23)C(=O)NC(CCN)C(=O)NC(Cc2c[nH]c3ccccc23)C(=O)N1C. The highest BCUT2D eigenvalue weighted by Gasteiger charge is 2.47. The number of carboxylic acids is 2. The van der Waals surface area contributed by atoms with Crippen LogP contribution in [0.2, 0.25) is 0 Å². The van der Waals surface area contributed by atoms with E-state index in [1.165, 1.54) is 76.7 Å². The maximum atomic E-state index is 15.7. The first-order chi connectivity index (χ1) is 62.9. The average Bonchev–Trinajstić information content (AvgIpc) is 1.20. The minimum Gasteiger partial charge on any atom is -0.508 e. The Kier molecular flexibility index (Phi) is 37.5. The summed E-state index contributed by atoms with van der Waals surface area (Å²) >= 11 is 0.763. The molecule has 3 aliphatic rings. The van der Waals surface area contributed by atoms with Crippen LogP contribution in [0, 0.1) is 0 Å². The molecule has 0 bridgehead atoms. The lowest BCUT2D eigenvalue weighted by Crippen LogP contribution is -2.61. The van der Waals surface area contributed by atoms with Crippen LogP contribution in [0.4, 0.5) is 0 Å². The number of nitrogens with zero attached hydrogens (tertiary/aromatic N) is 6. The quantitative estimate of drug-likeness (QED) is 0.0300. The van der Waals surface area contributed by atoms with Gasteiger partial charge in [-0.05, 0) is 99.9 Å². The van der Waals surface area contributed by atoms with Crippen LogP contribution in [0.1, 0.15) is 134 Å². The van der Waals surface area contributed by atoms with Crippen molar-refractivity contribution in [3.63, 3.8) is 0 Å². The molecule has 6 aromatic rings. The number of hydrogen-bond donors (Lipinski definition) is 19. The summed E-state index contributed by atoms with van der Waals surface area (Å²) in [5.74, 6) is -19.6. The third-order valence-corrected chi connectivity index (χ3v) is 24.7. The Morgan fingerprint density at radius 1 is 0.538 bits per heavy atom. The number of benzene rings is 3. The minimum absolute atomic E-state index is 0.0195. The first-order valence-electron chi connectivity index (χ1n) is 43.8. The number of aliphatic hydroxyl groups is 1. The van der Waals surface area contributed by atoms with Gasteiger partial charge >= 0.3 is 11.9 Å². The zero-order chi connectivity index (χ0) is 96.3. The van der Waals surface area contributed by atoms with Gasteiger partial charge in [0.05, 0.1) is 31.1 Å². The zero-order valence-corrected chi connectivity index (χ0v) is 75.4. The van der Waals surface area contributed by atoms with Crippen molar-refractivity contribution in [3.8, 4) is 5.75 Å². The number of primary amides is 1. The summed E-state index contributed by atoms with van der Waals surface area (Å²) in [6.07, 6.45) is 1.58. The van der Waals surface area contributed by atoms with Gasteiger partial charge in [-0.25, -0.2) is 4.98 Å². The van der Waals surface area contributed by atoms with E-state index in [0.717, 1.165) is 31.4 Å². The van der Waals surface area contributed by atoms with Crippen molar-refractivity contribution < 1.29 is 107 Å². The second-order valence-electron chi connectivity index (χ2n) is 33.3. The van der Waals surface area contributed by atoms with E-state index in [1.807, 2.05) is 13.8 Å². The van der Waals surface area contributed by atoms with Crippen molar-refractivity contribution in [2.75, 3.05) is 58.8 Å². The number of aromatic amines is 3. The van der Waals surface area contributed by atoms with Crippen LogP contribution in [-0.4, -0.2) is 321 Å². The van der Waals surface area contributed by atoms with E-state index >= 15 is 33.6 Å². The molecular weight excluding hydrogens is 1740 g/mol. The summed E-state index contributed by atoms with van der Waals surface area (Å²) in [5, 5.41) is 69.2. The minimum atomic E-state index is -1.94. The molecular formula is C88H119N21O22S. The van der Waals surface area contributed by atoms with Gasteiger partial charge in [0, 0.05) is 125 Å². The van der Waals surface area contributed by atoms with E-state index in [2.05, 4.69) is 73.1 Å². The Balaban J connectivity index is 1.09. The first kappa shape index (κ1) is 102. The van der Waals surface area contributed by atoms with Crippen LogP contribution in [0.3, 0.4) is 0 Å². The number of para-hydroxylation sites is 2. The van der Waals surface area contributed by atoms with Crippen LogP contribution in [-0.2, 0) is 112 Å². The Labute approximate surface area is 764 Å². The Bertz CT molecular complexity index is 5150. The van der Waals surface area contributed by atoms with Crippen LogP contribution in [0.25, 0.3) is 21.8 Å². The normalized spacial score (nSPS) is 25.0. The van der Waals surface area contributed by atoms with Gasteiger partial charge in [0.15, 0.2) is 0 Å². The van der Waals surface area contributed by atoms with Crippen molar-refractivity contribution >= 4 is 140 Å². The van der Waals surface area contributed by atoms with Gasteiger partial charge in [0.25, 0.3) is 0 Å². The van der Waals surface area contributed by atoms with Crippen LogP contribution in [0.15, 0.2) is 97.7 Å². The van der Waals surface area contributed by atoms with Crippen molar-refractivity contribution in [2.45, 2.75) is 228 Å². The lowest BCUT2D eigenvalue weighted by atomic mass is 10.00. The largest absolute Gasteiger partial charge is 0.508 e. The molecule has 44 heteroatoms. The van der Waals surface area contributed by atoms with Crippen LogP contribution < -0.4 is 64.6 Å². The molecule has 3 aromatic carbocycles. The number of carbonyl (C=O) groups excluding carboxylic acids is 16. The fourth-order valence-corrected chi connectivity index (χ4v) is 17.0. The summed E-state index contributed by atoms with van der Waals surface area (Å²) in [4.78, 5) is 279. The second-order valence-corrected chi connectivity index (χ2v) is 34.3. The predicted octanol–water partition coefficient (Wildman–Crippen LogP) is -2.40. The van der Waals surface area contributed by atoms with Gasteiger partial charge in [0.1, 0.15) is 90.3 Å². The summed E-state index contributed by atoms with van der Waals surface area (Å²) in [5.41, 5.74) is 14.5. The van der Waals surface area contributed by atoms with Gasteiger partial charge in [-0.2, -0.15) is 0 Å². The molecule has 132 heavy (non-hydrogen) atoms. The highest BCUT2D eigenvalue weighted by molar-refractivity contribution is 8.00. The number of rotatable bonds is 24. The van der Waals surface area contributed by atoms with E-state index in [9.17, 15) is 73.2 Å². The molecule has 3 aromatic heterocycles. The van der Waals surface area contributed by atoms with Crippen molar-refractivity contribution in [2.24, 2.45) is 11.5 Å². The lowest BCUT2D eigenvalue weighted by Gasteiger charge is -2.36. The predicted molar refractivity (Wildman–Crippen MR) is 479 cm³/mol. The molecule has 15 atom stereocenters. The molecule has 3 fully saturated rings. The fourth-order valence-electron chi connectivity index (χ4n) is 16.2. The number of aromatic hydroxyl groups is 1. The number of aliphatic hydroxyl groups excluding tert-OH is 1. The molecule has 16 amide bonds. The zero-order valence-electron chi connectivity index (χ0n) is 74.5. The number of imidazole rings is 1. The standard InChI is InChI=1S/C88H119N21O22S/c1-8-10-21-67-81(124)96-47(3)75(118)104-66(77(120)94-42-71(90)112)44-132-45-72(113)97-63(33-49-24-26-53(110)27-25-49)84(127)105(5)48(4)76(119)102-65(38-74(116)117)87(130)108-32-16-23-68(108)82(125)101-62(36-52-41-91-46-95-52)80(123)99-60(28-29-73(114)115)86(129)109-43-54(111)37-70(109)83(126)100-61(34-50-39-92-57-19-14-12-17-55(50)57)79(122)98-59(30-31-89)78(121)103-64(35-51-40-93-58-20-15-13-18-56(51)58)85(128)107(7)69(22-11-9-2)88(131)106(67)6/h12-15,17-20,24-27,39-41,46-48,54,59-70,92-93,110-111H,8-11,16,21-23,28-38,42-45,89H2,1-7H3,(H2,90,112)(H,91,95)(H,94,120)(H,96,124)(H,97,113)(H,98,122)(H,99,123)(H,100,126)(H,101,125)(H,102,119)(H,103,121)(H,104,118)(H,114,115)(H,116,117). The molecule has 43 nitrogen and oxygen atoms in total. The summed E-state index contributed by atoms with van der Waals surface area (Å²) in [7, 11) is 3.90. The highest BCUT2D eigenvalue weighted by atomic mass is 32.2. The number of aromatic nitrogens is 4. The van der Waals surface area contributed by atoms with E-state index in [4.69, 9.17) is 11.5 Å². The molecule has 9 rings (SSSR count). The average molecular weight is 1860 g/mol. The molecule has 0 saturated carbocycles. The number of hydrogen-bond acceptors (Lipinski definition) is 23. The fraction of sp³-hybridized carbons (Fsp3) is 0.511. The van der Waals surface area contributed by atoms with Gasteiger partial charge in [0.2, 0.25) is 94.5 Å². The monoisotopic (exact) mass is 1850 g/mol. The van der Waals surface area contributed by atoms with E-state index < -0.39 is 254 Å². The molecule has 0 radical (unpaired) electrons. The number of aliphatic carboxylic acids is 2. The number of nitrogens with two attached hydrogens (primary N) is 2. The number of fused-ring (bicyclic) bond motifs is 4. The number of phenolic OH excluding ortho intramolecular Hbond substituents is 1. The number of nitrogens with one attached hydrogen (secondary N) is 13. The Morgan fingerprint density at radius 2 is 1.08 bits per heavy atom. The molecule has 6 heterocycles. The number of unbranched alkanes of at least 4 members (excludes halogenated alkanes) is 2. The Hall–Kier alpha value is -13.5. The highest BCUT2D eigenvalue weighted by Crippen LogP contribution is 2.28. The molecule has 3 aliphatic heterocycles. The van der Waals surface area contributed by atoms with Crippen molar-refractivity contribution in [1.29, 1.82) is 0 Å². The number of carboxylic acid groups (broad SMARTS) is 2. The van der Waals surface area contributed by atoms with E-state index in [-0.39, 0.29) is 75.9 Å². The van der Waals surface area contributed by atoms with Crippen molar-refractivity contribution in [1.82, 2.24) is 97.6 Å². The maximum absolute atomic E-state index is 15.7. The summed E-state index contributed by atoms with van der Waals surface area (Å²) < 4.78 is 0. The van der Waals surface area contributed by atoms with Crippen LogP contribution in [0.5, 0.6) is 5.75 Å². The topological polar surface area (TPSA) is 637 Å². The maximum Gasteiger partial charge on any atom is 0.305 e. The van der Waals surface area contributed by atoms with Gasteiger partial charge < -0.3 is 125 Å². The molecule has 15 unspecified atom stereocenters. The van der Waals surface area contributed by atoms with E-state index in [0.29, 0.717) is 64.2 Å². The smallest absolute Gasteiger partial charge is 0.305 e. The summed E-state index contributed by atoms with van der Waals surface area (Å²) in [6.45, 7) is 4.45. The first-order valence-corrected chi connectivity index (χ1v) is 45.0. The van der Waals surface area contributed by atoms with E-state index in [1.54, 1.807) is 60.9 Å². The number of thioether (sulfide) groups is 1.